The number of carbonyl (C=O) groups excluding carboxylic acids is 1. The largest absolute Gasteiger partial charge is 0.336 e. The van der Waals surface area contributed by atoms with Crippen molar-refractivity contribution in [2.75, 3.05) is 26.2 Å². The normalized spacial score (nSPS) is 20.2. The summed E-state index contributed by atoms with van der Waals surface area (Å²) in [5.41, 5.74) is 1.92. The Morgan fingerprint density at radius 1 is 1.21 bits per heavy atom. The Kier molecular flexibility index (Phi) is 4.87. The molecule has 1 atom stereocenters. The van der Waals surface area contributed by atoms with E-state index in [2.05, 4.69) is 10.00 Å². The van der Waals surface area contributed by atoms with Crippen molar-refractivity contribution < 1.29 is 9.18 Å². The third-order valence-electron chi connectivity index (χ3n) is 6.17. The van der Waals surface area contributed by atoms with E-state index < -0.39 is 0 Å². The molecule has 0 saturated carbocycles. The molecule has 3 aromatic rings. The molecule has 4 heterocycles. The fourth-order valence-corrected chi connectivity index (χ4v) is 5.70. The van der Waals surface area contributed by atoms with Gasteiger partial charge in [-0.3, -0.25) is 14.4 Å². The molecular weight excluding hydrogens is 387 g/mol. The van der Waals surface area contributed by atoms with Crippen molar-refractivity contribution in [3.8, 4) is 0 Å². The van der Waals surface area contributed by atoms with Crippen LogP contribution in [0, 0.1) is 12.7 Å². The highest BCUT2D eigenvalue weighted by Crippen LogP contribution is 2.31. The molecule has 2 aromatic heterocycles. The first-order valence-corrected chi connectivity index (χ1v) is 11.1. The van der Waals surface area contributed by atoms with Crippen LogP contribution in [0.3, 0.4) is 0 Å². The molecule has 5 rings (SSSR count). The number of carbonyl (C=O) groups is 1. The minimum atomic E-state index is -0.239. The predicted molar refractivity (Wildman–Crippen MR) is 113 cm³/mol. The van der Waals surface area contributed by atoms with Gasteiger partial charge in [0.25, 0.3) is 5.91 Å². The van der Waals surface area contributed by atoms with Gasteiger partial charge in [-0.15, -0.1) is 11.3 Å². The first kappa shape index (κ1) is 18.8. The summed E-state index contributed by atoms with van der Waals surface area (Å²) in [5.74, 6) is -0.0990. The zero-order valence-corrected chi connectivity index (χ0v) is 17.4. The Balaban J connectivity index is 1.35. The van der Waals surface area contributed by atoms with E-state index in [9.17, 15) is 9.18 Å². The topological polar surface area (TPSA) is 41.4 Å². The lowest BCUT2D eigenvalue weighted by molar-refractivity contribution is 0.0785. The summed E-state index contributed by atoms with van der Waals surface area (Å²) in [7, 11) is 0. The number of benzene rings is 1. The van der Waals surface area contributed by atoms with Crippen LogP contribution in [0.2, 0.25) is 0 Å². The number of amides is 1. The van der Waals surface area contributed by atoms with Crippen LogP contribution in [0.25, 0.3) is 10.2 Å². The number of rotatable bonds is 4. The molecule has 2 saturated heterocycles. The lowest BCUT2D eigenvalue weighted by atomic mass is 10.2. The van der Waals surface area contributed by atoms with E-state index in [-0.39, 0.29) is 11.7 Å². The Labute approximate surface area is 173 Å². The van der Waals surface area contributed by atoms with Gasteiger partial charge in [0.2, 0.25) is 0 Å². The van der Waals surface area contributed by atoms with E-state index in [0.29, 0.717) is 12.6 Å². The zero-order valence-electron chi connectivity index (χ0n) is 16.6. The highest BCUT2D eigenvalue weighted by atomic mass is 32.1. The Hall–Kier alpha value is -2.25. The van der Waals surface area contributed by atoms with Crippen LogP contribution >= 0.6 is 11.3 Å². The van der Waals surface area contributed by atoms with Gasteiger partial charge < -0.3 is 4.90 Å². The van der Waals surface area contributed by atoms with Crippen molar-refractivity contribution >= 4 is 27.5 Å². The summed E-state index contributed by atoms with van der Waals surface area (Å²) in [6.45, 7) is 6.58. The number of aromatic nitrogens is 2. The van der Waals surface area contributed by atoms with Crippen LogP contribution in [-0.2, 0) is 6.54 Å². The number of thiophene rings is 1. The van der Waals surface area contributed by atoms with Crippen LogP contribution in [0.15, 0.2) is 30.3 Å². The summed E-state index contributed by atoms with van der Waals surface area (Å²) in [4.78, 5) is 19.5. The molecule has 5 nitrogen and oxygen atoms in total. The molecule has 2 fully saturated rings. The summed E-state index contributed by atoms with van der Waals surface area (Å²) < 4.78 is 15.1. The SMILES string of the molecule is Cc1nn(Cc2ccc(F)cc2)c2sc(C(=O)N3CCC(N4CCCC4)C3)cc12. The molecule has 0 radical (unpaired) electrons. The van der Waals surface area contributed by atoms with Crippen molar-refractivity contribution in [2.45, 2.75) is 38.8 Å². The van der Waals surface area contributed by atoms with Gasteiger partial charge in [-0.05, 0) is 63.0 Å². The number of likely N-dealkylation sites (tertiary alicyclic amines) is 2. The van der Waals surface area contributed by atoms with E-state index >= 15 is 0 Å². The molecule has 1 aromatic carbocycles. The maximum Gasteiger partial charge on any atom is 0.264 e. The van der Waals surface area contributed by atoms with Crippen molar-refractivity contribution in [2.24, 2.45) is 0 Å². The van der Waals surface area contributed by atoms with Crippen molar-refractivity contribution in [3.05, 3.63) is 52.3 Å². The van der Waals surface area contributed by atoms with E-state index in [1.807, 2.05) is 22.6 Å². The Morgan fingerprint density at radius 2 is 1.97 bits per heavy atom. The van der Waals surface area contributed by atoms with Crippen molar-refractivity contribution in [1.82, 2.24) is 19.6 Å². The van der Waals surface area contributed by atoms with Gasteiger partial charge in [0.1, 0.15) is 10.6 Å². The van der Waals surface area contributed by atoms with Crippen LogP contribution < -0.4 is 0 Å². The lowest BCUT2D eigenvalue weighted by Crippen LogP contribution is -2.36. The number of halogens is 1. The average Bonchev–Trinajstić information content (AvgIpc) is 3.50. The average molecular weight is 413 g/mol. The first-order chi connectivity index (χ1) is 14.1. The van der Waals surface area contributed by atoms with Crippen LogP contribution in [0.4, 0.5) is 4.39 Å². The summed E-state index contributed by atoms with van der Waals surface area (Å²) in [5, 5.41) is 5.67. The molecule has 2 aliphatic heterocycles. The quantitative estimate of drug-likeness (QED) is 0.653. The van der Waals surface area contributed by atoms with E-state index in [0.717, 1.165) is 45.9 Å². The Bertz CT molecular complexity index is 1040. The molecule has 29 heavy (non-hydrogen) atoms. The third kappa shape index (κ3) is 3.57. The number of hydrogen-bond donors (Lipinski definition) is 0. The number of nitrogens with zero attached hydrogens (tertiary/aromatic N) is 4. The number of aryl methyl sites for hydroxylation is 1. The number of fused-ring (bicyclic) bond motifs is 1. The zero-order chi connectivity index (χ0) is 20.0. The van der Waals surface area contributed by atoms with Gasteiger partial charge in [-0.1, -0.05) is 12.1 Å². The van der Waals surface area contributed by atoms with E-state index in [1.54, 1.807) is 12.1 Å². The minimum absolute atomic E-state index is 0.139. The fourth-order valence-electron chi connectivity index (χ4n) is 4.57. The van der Waals surface area contributed by atoms with Gasteiger partial charge in [0.15, 0.2) is 0 Å². The number of hydrogen-bond acceptors (Lipinski definition) is 4. The van der Waals surface area contributed by atoms with E-state index in [1.165, 1.54) is 49.4 Å². The third-order valence-corrected chi connectivity index (χ3v) is 7.31. The van der Waals surface area contributed by atoms with Crippen molar-refractivity contribution in [1.29, 1.82) is 0 Å². The molecule has 0 N–H and O–H groups in total. The molecule has 0 spiro atoms. The lowest BCUT2D eigenvalue weighted by Gasteiger charge is -2.23. The molecule has 0 aliphatic carbocycles. The second-order valence-electron chi connectivity index (χ2n) is 8.14. The molecule has 2 aliphatic rings. The summed E-state index contributed by atoms with van der Waals surface area (Å²) in [6, 6.07) is 9.01. The minimum Gasteiger partial charge on any atom is -0.336 e. The summed E-state index contributed by atoms with van der Waals surface area (Å²) in [6.07, 6.45) is 3.64. The van der Waals surface area contributed by atoms with Gasteiger partial charge in [-0.25, -0.2) is 4.39 Å². The van der Waals surface area contributed by atoms with Crippen molar-refractivity contribution in [3.63, 3.8) is 0 Å². The standard InChI is InChI=1S/C22H25FN4OS/c1-15-19-12-20(21(28)26-11-8-18(14-26)25-9-2-3-10-25)29-22(19)27(24-15)13-16-4-6-17(23)7-5-16/h4-7,12,18H,2-3,8-11,13-14H2,1H3. The molecule has 1 amide bonds. The Morgan fingerprint density at radius 3 is 2.72 bits per heavy atom. The maximum atomic E-state index is 13.2. The van der Waals surface area contributed by atoms with Gasteiger partial charge in [0, 0.05) is 24.5 Å². The highest BCUT2D eigenvalue weighted by Gasteiger charge is 2.32. The van der Waals surface area contributed by atoms with Gasteiger partial charge in [0.05, 0.1) is 17.1 Å². The predicted octanol–water partition coefficient (Wildman–Crippen LogP) is 3.90. The first-order valence-electron chi connectivity index (χ1n) is 10.3. The molecule has 0 bridgehead atoms. The van der Waals surface area contributed by atoms with Crippen LogP contribution in [0.5, 0.6) is 0 Å². The molecule has 1 unspecified atom stereocenters. The fraction of sp³-hybridized carbons (Fsp3) is 0.455. The molecule has 152 valence electrons. The van der Waals surface area contributed by atoms with Crippen LogP contribution in [-0.4, -0.2) is 57.7 Å². The summed E-state index contributed by atoms with van der Waals surface area (Å²) >= 11 is 1.52. The monoisotopic (exact) mass is 412 g/mol. The smallest absolute Gasteiger partial charge is 0.264 e. The van der Waals surface area contributed by atoms with Gasteiger partial charge >= 0.3 is 0 Å². The molecular formula is C22H25FN4OS. The molecule has 7 heteroatoms. The van der Waals surface area contributed by atoms with Gasteiger partial charge in [-0.2, -0.15) is 5.10 Å². The second kappa shape index (κ2) is 7.54. The van der Waals surface area contributed by atoms with Crippen LogP contribution in [0.1, 0.15) is 40.2 Å². The maximum absolute atomic E-state index is 13.2. The second-order valence-corrected chi connectivity index (χ2v) is 9.17. The van der Waals surface area contributed by atoms with E-state index in [4.69, 9.17) is 0 Å². The highest BCUT2D eigenvalue weighted by molar-refractivity contribution is 7.20.